The molecule has 0 unspecified atom stereocenters. The molecule has 16 heavy (non-hydrogen) atoms. The molecule has 2 aromatic rings. The number of nitrogens with zero attached hydrogens (tertiary/aromatic N) is 2. The molecule has 2 rings (SSSR count). The van der Waals surface area contributed by atoms with E-state index in [-0.39, 0.29) is 0 Å². The average Bonchev–Trinajstić information content (AvgIpc) is 2.65. The average molecular weight is 232 g/mol. The number of thiazole rings is 1. The zero-order chi connectivity index (χ0) is 11.5. The van der Waals surface area contributed by atoms with Gasteiger partial charge in [-0.1, -0.05) is 19.1 Å². The van der Waals surface area contributed by atoms with Crippen LogP contribution in [0.5, 0.6) is 0 Å². The van der Waals surface area contributed by atoms with Gasteiger partial charge in [-0.3, -0.25) is 0 Å². The lowest BCUT2D eigenvalue weighted by Gasteiger charge is -2.05. The van der Waals surface area contributed by atoms with Crippen LogP contribution in [0.4, 0.5) is 5.69 Å². The van der Waals surface area contributed by atoms with Crippen LogP contribution >= 0.6 is 11.3 Å². The van der Waals surface area contributed by atoms with Crippen LogP contribution in [0.25, 0.3) is 0 Å². The number of hydrogen-bond acceptors (Lipinski definition) is 2. The van der Waals surface area contributed by atoms with Gasteiger partial charge in [0.1, 0.15) is 0 Å². The van der Waals surface area contributed by atoms with E-state index >= 15 is 0 Å². The van der Waals surface area contributed by atoms with Crippen molar-refractivity contribution in [3.05, 3.63) is 45.7 Å². The summed E-state index contributed by atoms with van der Waals surface area (Å²) in [5.41, 5.74) is 3.76. The molecule has 0 atom stereocenters. The maximum Gasteiger partial charge on any atom is 0.189 e. The fourth-order valence-corrected chi connectivity index (χ4v) is 2.53. The van der Waals surface area contributed by atoms with Gasteiger partial charge < -0.3 is 4.57 Å². The first kappa shape index (κ1) is 11.1. The second-order valence-corrected chi connectivity index (χ2v) is 4.71. The molecule has 0 aliphatic rings. The monoisotopic (exact) mass is 232 g/mol. The van der Waals surface area contributed by atoms with Crippen molar-refractivity contribution in [2.75, 3.05) is 0 Å². The number of benzene rings is 1. The number of aromatic nitrogens is 1. The first-order valence-corrected chi connectivity index (χ1v) is 6.33. The van der Waals surface area contributed by atoms with E-state index in [1.165, 1.54) is 11.1 Å². The maximum absolute atomic E-state index is 4.71. The van der Waals surface area contributed by atoms with Crippen molar-refractivity contribution in [2.45, 2.75) is 20.3 Å². The van der Waals surface area contributed by atoms with Crippen LogP contribution in [-0.2, 0) is 13.5 Å². The Bertz CT molecular complexity index is 549. The summed E-state index contributed by atoms with van der Waals surface area (Å²) in [6.45, 7) is 4.32. The smallest absolute Gasteiger partial charge is 0.189 e. The minimum absolute atomic E-state index is 1.03. The molecule has 84 valence electrons. The van der Waals surface area contributed by atoms with Crippen molar-refractivity contribution >= 4 is 17.0 Å². The van der Waals surface area contributed by atoms with Crippen molar-refractivity contribution < 1.29 is 0 Å². The molecule has 1 aromatic carbocycles. The van der Waals surface area contributed by atoms with Gasteiger partial charge in [-0.2, -0.15) is 0 Å². The molecule has 0 saturated carbocycles. The van der Waals surface area contributed by atoms with Crippen LogP contribution in [0.1, 0.15) is 18.1 Å². The summed E-state index contributed by atoms with van der Waals surface area (Å²) in [6.07, 6.45) is 3.06. The Hall–Kier alpha value is -1.35. The molecule has 1 aromatic heterocycles. The third-order valence-electron chi connectivity index (χ3n) is 2.71. The summed E-state index contributed by atoms with van der Waals surface area (Å²) in [4.78, 5) is 5.76. The minimum atomic E-state index is 1.03. The SMILES string of the molecule is CCc1c(C)cccc1N=c1sccn1C. The predicted octanol–water partition coefficient (Wildman–Crippen LogP) is 3.19. The lowest BCUT2D eigenvalue weighted by Crippen LogP contribution is -2.08. The van der Waals surface area contributed by atoms with Gasteiger partial charge in [0.05, 0.1) is 5.69 Å². The van der Waals surface area contributed by atoms with Gasteiger partial charge in [-0.25, -0.2) is 4.99 Å². The van der Waals surface area contributed by atoms with Gasteiger partial charge in [0.2, 0.25) is 0 Å². The van der Waals surface area contributed by atoms with E-state index in [9.17, 15) is 0 Å². The van der Waals surface area contributed by atoms with Crippen LogP contribution in [0.15, 0.2) is 34.8 Å². The third-order valence-corrected chi connectivity index (χ3v) is 3.56. The fourth-order valence-electron chi connectivity index (χ4n) is 1.79. The van der Waals surface area contributed by atoms with E-state index < -0.39 is 0 Å². The lowest BCUT2D eigenvalue weighted by atomic mass is 10.0. The number of aryl methyl sites for hydroxylation is 2. The number of hydrogen-bond donors (Lipinski definition) is 0. The normalized spacial score (nSPS) is 12.1. The summed E-state index contributed by atoms with van der Waals surface area (Å²) in [5.74, 6) is 0. The molecule has 1 heterocycles. The van der Waals surface area contributed by atoms with Gasteiger partial charge in [0.25, 0.3) is 0 Å². The Morgan fingerprint density at radius 2 is 2.19 bits per heavy atom. The fraction of sp³-hybridized carbons (Fsp3) is 0.308. The zero-order valence-corrected chi connectivity index (χ0v) is 10.7. The molecular weight excluding hydrogens is 216 g/mol. The van der Waals surface area contributed by atoms with Crippen LogP contribution in [0, 0.1) is 6.92 Å². The van der Waals surface area contributed by atoms with Gasteiger partial charge >= 0.3 is 0 Å². The van der Waals surface area contributed by atoms with E-state index in [1.54, 1.807) is 11.3 Å². The highest BCUT2D eigenvalue weighted by molar-refractivity contribution is 7.07. The molecule has 0 saturated heterocycles. The summed E-state index contributed by atoms with van der Waals surface area (Å²) >= 11 is 1.67. The highest BCUT2D eigenvalue weighted by Crippen LogP contribution is 2.22. The highest BCUT2D eigenvalue weighted by Gasteiger charge is 2.02. The van der Waals surface area contributed by atoms with Gasteiger partial charge in [0, 0.05) is 18.6 Å². The van der Waals surface area contributed by atoms with E-state index in [1.807, 2.05) is 17.8 Å². The van der Waals surface area contributed by atoms with Crippen molar-refractivity contribution in [1.29, 1.82) is 0 Å². The van der Waals surface area contributed by atoms with Crippen LogP contribution in [0.2, 0.25) is 0 Å². The molecule has 0 amide bonds. The topological polar surface area (TPSA) is 17.3 Å². The van der Waals surface area contributed by atoms with E-state index in [2.05, 4.69) is 37.4 Å². The van der Waals surface area contributed by atoms with Gasteiger partial charge in [-0.05, 0) is 30.5 Å². The molecule has 0 N–H and O–H groups in total. The first-order valence-electron chi connectivity index (χ1n) is 5.45. The molecule has 2 nitrogen and oxygen atoms in total. The Kier molecular flexibility index (Phi) is 3.25. The Labute approximate surface area is 99.9 Å². The van der Waals surface area contributed by atoms with E-state index in [4.69, 9.17) is 4.99 Å². The first-order chi connectivity index (χ1) is 7.72. The second-order valence-electron chi connectivity index (χ2n) is 3.83. The standard InChI is InChI=1S/C13H16N2S/c1-4-11-10(2)6-5-7-12(11)14-13-15(3)8-9-16-13/h5-9H,4H2,1-3H3. The molecule has 3 heteroatoms. The van der Waals surface area contributed by atoms with E-state index in [0.29, 0.717) is 0 Å². The lowest BCUT2D eigenvalue weighted by molar-refractivity contribution is 0.872. The molecular formula is C13H16N2S. The van der Waals surface area contributed by atoms with Crippen LogP contribution in [0.3, 0.4) is 0 Å². The predicted molar refractivity (Wildman–Crippen MR) is 69.1 cm³/mol. The van der Waals surface area contributed by atoms with Gasteiger partial charge in [0.15, 0.2) is 4.80 Å². The second kappa shape index (κ2) is 4.66. The Morgan fingerprint density at radius 3 is 2.81 bits per heavy atom. The van der Waals surface area contributed by atoms with Gasteiger partial charge in [-0.15, -0.1) is 11.3 Å². The minimum Gasteiger partial charge on any atom is -0.327 e. The maximum atomic E-state index is 4.71. The number of rotatable bonds is 2. The summed E-state index contributed by atoms with van der Waals surface area (Å²) in [6, 6.07) is 6.30. The third kappa shape index (κ3) is 2.09. The quantitative estimate of drug-likeness (QED) is 0.756. The molecule has 0 aliphatic heterocycles. The molecule has 0 radical (unpaired) electrons. The van der Waals surface area contributed by atoms with Crippen molar-refractivity contribution in [3.63, 3.8) is 0 Å². The highest BCUT2D eigenvalue weighted by atomic mass is 32.1. The summed E-state index contributed by atoms with van der Waals surface area (Å²) in [5, 5.41) is 2.06. The van der Waals surface area contributed by atoms with Crippen molar-refractivity contribution in [1.82, 2.24) is 4.57 Å². The Morgan fingerprint density at radius 1 is 1.38 bits per heavy atom. The van der Waals surface area contributed by atoms with Crippen LogP contribution in [-0.4, -0.2) is 4.57 Å². The molecule has 0 spiro atoms. The molecule has 0 fully saturated rings. The van der Waals surface area contributed by atoms with E-state index in [0.717, 1.165) is 16.9 Å². The molecule has 0 bridgehead atoms. The van der Waals surface area contributed by atoms with Crippen molar-refractivity contribution in [3.8, 4) is 0 Å². The summed E-state index contributed by atoms with van der Waals surface area (Å²) < 4.78 is 2.05. The van der Waals surface area contributed by atoms with Crippen molar-refractivity contribution in [2.24, 2.45) is 12.0 Å². The van der Waals surface area contributed by atoms with Crippen LogP contribution < -0.4 is 4.80 Å². The zero-order valence-electron chi connectivity index (χ0n) is 9.90. The summed E-state index contributed by atoms with van der Waals surface area (Å²) in [7, 11) is 2.02. The Balaban J connectivity index is 2.58. The largest absolute Gasteiger partial charge is 0.327 e. The molecule has 0 aliphatic carbocycles.